The number of carbonyl (C=O) groups excluding carboxylic acids is 2. The predicted molar refractivity (Wildman–Crippen MR) is 108 cm³/mol. The van der Waals surface area contributed by atoms with Gasteiger partial charge in [-0.2, -0.15) is 0 Å². The topological polar surface area (TPSA) is 67.8 Å². The summed E-state index contributed by atoms with van der Waals surface area (Å²) >= 11 is 3.39. The Balaban J connectivity index is 1.57. The van der Waals surface area contributed by atoms with Crippen molar-refractivity contribution in [3.63, 3.8) is 0 Å². The van der Waals surface area contributed by atoms with E-state index >= 15 is 0 Å². The summed E-state index contributed by atoms with van der Waals surface area (Å²) in [6, 6.07) is 7.62. The molecule has 7 heteroatoms. The molecule has 0 saturated heterocycles. The molecule has 1 heterocycles. The summed E-state index contributed by atoms with van der Waals surface area (Å²) < 4.78 is 6.49. The van der Waals surface area contributed by atoms with E-state index in [1.165, 1.54) is 0 Å². The van der Waals surface area contributed by atoms with E-state index in [0.717, 1.165) is 47.9 Å². The van der Waals surface area contributed by atoms with Crippen molar-refractivity contribution in [2.24, 2.45) is 4.99 Å². The highest BCUT2D eigenvalue weighted by Crippen LogP contribution is 2.27. The molecule has 0 bridgehead atoms. The van der Waals surface area contributed by atoms with Crippen LogP contribution in [0.3, 0.4) is 0 Å². The maximum absolute atomic E-state index is 12.6. The minimum atomic E-state index is -0.793. The summed E-state index contributed by atoms with van der Waals surface area (Å²) in [6.45, 7) is 2.49. The second kappa shape index (κ2) is 9.46. The molecule has 0 aromatic heterocycles. The van der Waals surface area contributed by atoms with Crippen LogP contribution in [0, 0.1) is 0 Å². The Morgan fingerprint density at radius 1 is 1.35 bits per heavy atom. The molecule has 1 atom stereocenters. The molecule has 1 aliphatic heterocycles. The zero-order chi connectivity index (χ0) is 18.4. The van der Waals surface area contributed by atoms with Crippen molar-refractivity contribution in [1.29, 1.82) is 0 Å². The number of nitrogens with one attached hydrogen (secondary N) is 1. The molecule has 5 nitrogen and oxygen atoms in total. The van der Waals surface area contributed by atoms with Crippen LogP contribution >= 0.6 is 23.5 Å². The van der Waals surface area contributed by atoms with Gasteiger partial charge in [0, 0.05) is 17.5 Å². The van der Waals surface area contributed by atoms with Crippen molar-refractivity contribution in [2.75, 3.05) is 12.3 Å². The number of benzene rings is 1. The fraction of sp³-hybridized carbons (Fsp3) is 0.526. The average Bonchev–Trinajstić information content (AvgIpc) is 3.34. The van der Waals surface area contributed by atoms with Crippen molar-refractivity contribution < 1.29 is 14.3 Å². The number of thioether (sulfide) groups is 2. The monoisotopic (exact) mass is 392 g/mol. The van der Waals surface area contributed by atoms with Gasteiger partial charge in [0.25, 0.3) is 5.91 Å². The number of carbonyl (C=O) groups is 2. The van der Waals surface area contributed by atoms with Crippen LogP contribution in [0.4, 0.5) is 0 Å². The van der Waals surface area contributed by atoms with Crippen LogP contribution in [0.5, 0.6) is 0 Å². The van der Waals surface area contributed by atoms with Crippen LogP contribution in [0.1, 0.15) is 48.5 Å². The minimum Gasteiger partial charge on any atom is -0.449 e. The number of aliphatic imine (C=N–C) groups is 1. The molecule has 0 unspecified atom stereocenters. The van der Waals surface area contributed by atoms with Gasteiger partial charge in [-0.15, -0.1) is 0 Å². The number of hydrogen-bond acceptors (Lipinski definition) is 6. The molecule has 1 amide bonds. The summed E-state index contributed by atoms with van der Waals surface area (Å²) in [6.07, 6.45) is 3.52. The standard InChI is InChI=1S/C19H24N2O3S2/c1-13(17(22)21-15-7-3-4-8-15)24-18(23)16-9-5-2-6-14(16)12-26-19-20-10-11-25-19/h2,5-6,9,13,15H,3-4,7-8,10-12H2,1H3,(H,21,22)/t13-/m0/s1. The van der Waals surface area contributed by atoms with Gasteiger partial charge >= 0.3 is 5.97 Å². The van der Waals surface area contributed by atoms with E-state index < -0.39 is 12.1 Å². The first kappa shape index (κ1) is 19.3. The molecule has 1 N–H and O–H groups in total. The Hall–Kier alpha value is -1.47. The number of rotatable bonds is 6. The number of amides is 1. The molecule has 1 saturated carbocycles. The van der Waals surface area contributed by atoms with E-state index in [9.17, 15) is 9.59 Å². The molecule has 1 aromatic rings. The van der Waals surface area contributed by atoms with Gasteiger partial charge in [-0.25, -0.2) is 4.79 Å². The molecule has 1 fully saturated rings. The van der Waals surface area contributed by atoms with Gasteiger partial charge in [-0.05, 0) is 31.4 Å². The summed E-state index contributed by atoms with van der Waals surface area (Å²) in [7, 11) is 0. The maximum atomic E-state index is 12.6. The Morgan fingerprint density at radius 3 is 2.85 bits per heavy atom. The van der Waals surface area contributed by atoms with Crippen molar-refractivity contribution in [3.8, 4) is 0 Å². The van der Waals surface area contributed by atoms with Crippen LogP contribution in [-0.4, -0.2) is 40.7 Å². The number of hydrogen-bond donors (Lipinski definition) is 1. The summed E-state index contributed by atoms with van der Waals surface area (Å²) in [5, 5.41) is 2.97. The first-order valence-electron chi connectivity index (χ1n) is 9.03. The van der Waals surface area contributed by atoms with E-state index in [2.05, 4.69) is 10.3 Å². The quantitative estimate of drug-likeness (QED) is 0.749. The second-order valence-corrected chi connectivity index (χ2v) is 8.79. The van der Waals surface area contributed by atoms with Crippen LogP contribution in [-0.2, 0) is 15.3 Å². The van der Waals surface area contributed by atoms with Gasteiger partial charge in [-0.1, -0.05) is 54.6 Å². The number of ether oxygens (including phenoxy) is 1. The van der Waals surface area contributed by atoms with E-state index in [-0.39, 0.29) is 11.9 Å². The minimum absolute atomic E-state index is 0.214. The number of nitrogens with zero attached hydrogens (tertiary/aromatic N) is 1. The van der Waals surface area contributed by atoms with Crippen LogP contribution in [0.25, 0.3) is 0 Å². The third kappa shape index (κ3) is 5.27. The van der Waals surface area contributed by atoms with Crippen molar-refractivity contribution in [2.45, 2.75) is 50.5 Å². The summed E-state index contributed by atoms with van der Waals surface area (Å²) in [5.74, 6) is 1.03. The Labute approximate surface area is 162 Å². The summed E-state index contributed by atoms with van der Waals surface area (Å²) in [4.78, 5) is 29.2. The zero-order valence-corrected chi connectivity index (χ0v) is 16.5. The van der Waals surface area contributed by atoms with Crippen molar-refractivity contribution in [3.05, 3.63) is 35.4 Å². The van der Waals surface area contributed by atoms with Gasteiger partial charge in [0.15, 0.2) is 6.10 Å². The molecule has 1 aromatic carbocycles. The average molecular weight is 393 g/mol. The second-order valence-electron chi connectivity index (χ2n) is 6.48. The SMILES string of the molecule is C[C@H](OC(=O)c1ccccc1CSC1=NCCS1)C(=O)NC1CCCC1. The van der Waals surface area contributed by atoms with Crippen LogP contribution in [0.15, 0.2) is 29.3 Å². The molecule has 2 aliphatic rings. The predicted octanol–water partition coefficient (Wildman–Crippen LogP) is 3.63. The van der Waals surface area contributed by atoms with Crippen LogP contribution < -0.4 is 5.32 Å². The molecular formula is C19H24N2O3S2. The molecule has 3 rings (SSSR count). The highest BCUT2D eigenvalue weighted by atomic mass is 32.2. The van der Waals surface area contributed by atoms with E-state index in [4.69, 9.17) is 4.74 Å². The third-order valence-corrected chi connectivity index (χ3v) is 6.80. The number of esters is 1. The first-order chi connectivity index (χ1) is 12.6. The lowest BCUT2D eigenvalue weighted by molar-refractivity contribution is -0.129. The fourth-order valence-corrected chi connectivity index (χ4v) is 5.07. The zero-order valence-electron chi connectivity index (χ0n) is 14.9. The first-order valence-corrected chi connectivity index (χ1v) is 11.0. The van der Waals surface area contributed by atoms with Gasteiger partial charge in [0.1, 0.15) is 4.38 Å². The maximum Gasteiger partial charge on any atom is 0.339 e. The highest BCUT2D eigenvalue weighted by molar-refractivity contribution is 8.38. The lowest BCUT2D eigenvalue weighted by Crippen LogP contribution is -2.40. The van der Waals surface area contributed by atoms with E-state index in [1.54, 1.807) is 36.5 Å². The van der Waals surface area contributed by atoms with Crippen molar-refractivity contribution >= 4 is 39.8 Å². The van der Waals surface area contributed by atoms with Gasteiger partial charge in [-0.3, -0.25) is 9.79 Å². The van der Waals surface area contributed by atoms with Gasteiger partial charge < -0.3 is 10.1 Å². The largest absolute Gasteiger partial charge is 0.449 e. The normalized spacial score (nSPS) is 18.4. The Morgan fingerprint density at radius 2 is 2.12 bits per heavy atom. The van der Waals surface area contributed by atoms with Crippen molar-refractivity contribution in [1.82, 2.24) is 5.32 Å². The Bertz CT molecular complexity index is 687. The molecule has 0 radical (unpaired) electrons. The molecular weight excluding hydrogens is 368 g/mol. The van der Waals surface area contributed by atoms with E-state index in [0.29, 0.717) is 11.3 Å². The highest BCUT2D eigenvalue weighted by Gasteiger charge is 2.24. The molecule has 26 heavy (non-hydrogen) atoms. The smallest absolute Gasteiger partial charge is 0.339 e. The lowest BCUT2D eigenvalue weighted by atomic mass is 10.1. The lowest BCUT2D eigenvalue weighted by Gasteiger charge is -2.18. The van der Waals surface area contributed by atoms with Crippen LogP contribution in [0.2, 0.25) is 0 Å². The van der Waals surface area contributed by atoms with Gasteiger partial charge in [0.2, 0.25) is 0 Å². The molecule has 140 valence electrons. The third-order valence-electron chi connectivity index (χ3n) is 4.50. The Kier molecular flexibility index (Phi) is 7.02. The van der Waals surface area contributed by atoms with E-state index in [1.807, 2.05) is 18.2 Å². The summed E-state index contributed by atoms with van der Waals surface area (Å²) in [5.41, 5.74) is 1.42. The molecule has 1 aliphatic carbocycles. The fourth-order valence-electron chi connectivity index (χ4n) is 3.05. The molecule has 0 spiro atoms. The van der Waals surface area contributed by atoms with Gasteiger partial charge in [0.05, 0.1) is 12.1 Å².